The highest BCUT2D eigenvalue weighted by molar-refractivity contribution is 7.14. The smallest absolute Gasteiger partial charge is 0.228 e. The molecule has 1 fully saturated rings. The summed E-state index contributed by atoms with van der Waals surface area (Å²) in [4.78, 5) is 33.7. The van der Waals surface area contributed by atoms with Gasteiger partial charge in [0.25, 0.3) is 0 Å². The van der Waals surface area contributed by atoms with Gasteiger partial charge in [-0.3, -0.25) is 19.5 Å². The number of carbonyl (C=O) groups excluding carboxylic acids is 2. The maximum absolute atomic E-state index is 11.9. The Morgan fingerprint density at radius 1 is 1.45 bits per heavy atom. The van der Waals surface area contributed by atoms with Crippen LogP contribution in [0.15, 0.2) is 29.9 Å². The Bertz CT molecular complexity index is 671. The number of hydrogen-bond donors (Lipinski definition) is 1. The second-order valence-electron chi connectivity index (χ2n) is 5.09. The second kappa shape index (κ2) is 6.65. The molecule has 1 aliphatic rings. The molecule has 1 N–H and O–H groups in total. The highest BCUT2D eigenvalue weighted by Gasteiger charge is 2.24. The number of amides is 2. The molecule has 0 aliphatic carbocycles. The van der Waals surface area contributed by atoms with Crippen molar-refractivity contribution in [1.82, 2.24) is 15.3 Å². The fourth-order valence-electron chi connectivity index (χ4n) is 2.28. The van der Waals surface area contributed by atoms with Gasteiger partial charge in [-0.15, -0.1) is 11.3 Å². The first kappa shape index (κ1) is 14.6. The third-order valence-corrected chi connectivity index (χ3v) is 4.31. The largest absolute Gasteiger partial charge is 0.352 e. The number of pyridine rings is 1. The van der Waals surface area contributed by atoms with Gasteiger partial charge < -0.3 is 5.32 Å². The van der Waals surface area contributed by atoms with Crippen LogP contribution in [0, 0.1) is 0 Å². The van der Waals surface area contributed by atoms with Crippen molar-refractivity contribution in [3.63, 3.8) is 0 Å². The summed E-state index contributed by atoms with van der Waals surface area (Å²) in [7, 11) is 0. The van der Waals surface area contributed by atoms with Gasteiger partial charge in [0, 0.05) is 37.3 Å². The maximum atomic E-state index is 11.9. The van der Waals surface area contributed by atoms with E-state index in [1.54, 1.807) is 17.3 Å². The summed E-state index contributed by atoms with van der Waals surface area (Å²) in [5.74, 6) is 0.0235. The Balaban J connectivity index is 1.53. The fourth-order valence-corrected chi connectivity index (χ4v) is 3.15. The number of rotatable bonds is 5. The molecule has 0 spiro atoms. The average molecular weight is 316 g/mol. The van der Waals surface area contributed by atoms with Gasteiger partial charge in [-0.25, -0.2) is 4.98 Å². The molecule has 0 atom stereocenters. The summed E-state index contributed by atoms with van der Waals surface area (Å²) in [5.41, 5.74) is 1.65. The van der Waals surface area contributed by atoms with Crippen molar-refractivity contribution < 1.29 is 9.59 Å². The van der Waals surface area contributed by atoms with Gasteiger partial charge in [-0.1, -0.05) is 6.07 Å². The van der Waals surface area contributed by atoms with E-state index in [2.05, 4.69) is 15.3 Å². The first-order valence-electron chi connectivity index (χ1n) is 7.13. The molecule has 7 heteroatoms. The average Bonchev–Trinajstić information content (AvgIpc) is 3.15. The first-order chi connectivity index (χ1) is 10.7. The molecule has 114 valence electrons. The van der Waals surface area contributed by atoms with Gasteiger partial charge in [-0.05, 0) is 18.1 Å². The number of aromatic nitrogens is 2. The first-order valence-corrected chi connectivity index (χ1v) is 8.01. The molecule has 6 nitrogen and oxygen atoms in total. The zero-order chi connectivity index (χ0) is 15.4. The molecule has 22 heavy (non-hydrogen) atoms. The van der Waals surface area contributed by atoms with Crippen molar-refractivity contribution in [2.24, 2.45) is 0 Å². The van der Waals surface area contributed by atoms with Crippen LogP contribution in [0.4, 0.5) is 5.13 Å². The number of hydrogen-bond acceptors (Lipinski definition) is 5. The highest BCUT2D eigenvalue weighted by atomic mass is 32.1. The van der Waals surface area contributed by atoms with Crippen LogP contribution in [-0.4, -0.2) is 28.3 Å². The standard InChI is InChI=1S/C15H16N4O2S/c20-13(17-9-11-3-1-5-16-8-11)7-12-10-22-15(18-12)19-6-2-4-14(19)21/h1,3,5,8,10H,2,4,6-7,9H2,(H,17,20). The number of thiazole rings is 1. The monoisotopic (exact) mass is 316 g/mol. The van der Waals surface area contributed by atoms with E-state index in [-0.39, 0.29) is 18.2 Å². The molecule has 0 bridgehead atoms. The summed E-state index contributed by atoms with van der Waals surface area (Å²) >= 11 is 1.41. The molecule has 2 amide bonds. The number of nitrogens with zero attached hydrogens (tertiary/aromatic N) is 3. The molecular formula is C15H16N4O2S. The minimum atomic E-state index is -0.0894. The number of anilines is 1. The topological polar surface area (TPSA) is 75.2 Å². The second-order valence-corrected chi connectivity index (χ2v) is 5.92. The lowest BCUT2D eigenvalue weighted by Gasteiger charge is -2.10. The molecule has 3 rings (SSSR count). The van der Waals surface area contributed by atoms with Crippen LogP contribution in [0.25, 0.3) is 0 Å². The van der Waals surface area contributed by atoms with Gasteiger partial charge in [0.2, 0.25) is 11.8 Å². The van der Waals surface area contributed by atoms with Crippen LogP contribution in [0.5, 0.6) is 0 Å². The Morgan fingerprint density at radius 3 is 3.09 bits per heavy atom. The van der Waals surface area contributed by atoms with E-state index in [0.29, 0.717) is 23.8 Å². The van der Waals surface area contributed by atoms with Crippen LogP contribution in [0.2, 0.25) is 0 Å². The number of nitrogens with one attached hydrogen (secondary N) is 1. The van der Waals surface area contributed by atoms with Crippen LogP contribution in [0.1, 0.15) is 24.1 Å². The van der Waals surface area contributed by atoms with Gasteiger partial charge in [0.15, 0.2) is 5.13 Å². The summed E-state index contributed by atoms with van der Waals surface area (Å²) in [6.07, 6.45) is 5.10. The van der Waals surface area contributed by atoms with Gasteiger partial charge in [0.05, 0.1) is 12.1 Å². The molecule has 2 aromatic heterocycles. The summed E-state index contributed by atoms with van der Waals surface area (Å²) in [6, 6.07) is 3.74. The van der Waals surface area contributed by atoms with Gasteiger partial charge >= 0.3 is 0 Å². The Kier molecular flexibility index (Phi) is 4.43. The van der Waals surface area contributed by atoms with E-state index in [0.717, 1.165) is 18.5 Å². The molecule has 2 aromatic rings. The van der Waals surface area contributed by atoms with E-state index in [9.17, 15) is 9.59 Å². The fraction of sp³-hybridized carbons (Fsp3) is 0.333. The third-order valence-electron chi connectivity index (χ3n) is 3.40. The Hall–Kier alpha value is -2.28. The van der Waals surface area contributed by atoms with Crippen LogP contribution in [-0.2, 0) is 22.6 Å². The van der Waals surface area contributed by atoms with Crippen molar-refractivity contribution >= 4 is 28.3 Å². The van der Waals surface area contributed by atoms with Crippen molar-refractivity contribution in [3.8, 4) is 0 Å². The van der Waals surface area contributed by atoms with Crippen LogP contribution < -0.4 is 10.2 Å². The SMILES string of the molecule is O=C(Cc1csc(N2CCCC2=O)n1)NCc1cccnc1. The van der Waals surface area contributed by atoms with E-state index in [1.807, 2.05) is 17.5 Å². The lowest BCUT2D eigenvalue weighted by atomic mass is 10.2. The molecule has 1 aliphatic heterocycles. The highest BCUT2D eigenvalue weighted by Crippen LogP contribution is 2.25. The third kappa shape index (κ3) is 3.48. The summed E-state index contributed by atoms with van der Waals surface area (Å²) in [5, 5.41) is 5.37. The number of carbonyl (C=O) groups is 2. The van der Waals surface area contributed by atoms with Crippen molar-refractivity contribution in [3.05, 3.63) is 41.2 Å². The minimum Gasteiger partial charge on any atom is -0.352 e. The van der Waals surface area contributed by atoms with E-state index >= 15 is 0 Å². The predicted molar refractivity (Wildman–Crippen MR) is 83.5 cm³/mol. The molecule has 0 radical (unpaired) electrons. The quantitative estimate of drug-likeness (QED) is 0.907. The molecule has 3 heterocycles. The van der Waals surface area contributed by atoms with Gasteiger partial charge in [-0.2, -0.15) is 0 Å². The molecule has 0 aromatic carbocycles. The van der Waals surface area contributed by atoms with Crippen molar-refractivity contribution in [2.75, 3.05) is 11.4 Å². The van der Waals surface area contributed by atoms with Crippen molar-refractivity contribution in [2.45, 2.75) is 25.8 Å². The minimum absolute atomic E-state index is 0.0894. The molecule has 1 saturated heterocycles. The Labute approximate surface area is 132 Å². The lowest BCUT2D eigenvalue weighted by Crippen LogP contribution is -2.25. The molecule has 0 saturated carbocycles. The van der Waals surface area contributed by atoms with E-state index in [1.165, 1.54) is 11.3 Å². The molecular weight excluding hydrogens is 300 g/mol. The van der Waals surface area contributed by atoms with Crippen molar-refractivity contribution in [1.29, 1.82) is 0 Å². The maximum Gasteiger partial charge on any atom is 0.228 e. The normalized spacial score (nSPS) is 14.4. The van der Waals surface area contributed by atoms with E-state index in [4.69, 9.17) is 0 Å². The van der Waals surface area contributed by atoms with Gasteiger partial charge in [0.1, 0.15) is 0 Å². The van der Waals surface area contributed by atoms with Crippen LogP contribution in [0.3, 0.4) is 0 Å². The van der Waals surface area contributed by atoms with Crippen LogP contribution >= 0.6 is 11.3 Å². The predicted octanol–water partition coefficient (Wildman–Crippen LogP) is 1.52. The lowest BCUT2D eigenvalue weighted by molar-refractivity contribution is -0.120. The Morgan fingerprint density at radius 2 is 2.36 bits per heavy atom. The zero-order valence-corrected chi connectivity index (χ0v) is 12.8. The zero-order valence-electron chi connectivity index (χ0n) is 12.0. The summed E-state index contributed by atoms with van der Waals surface area (Å²) < 4.78 is 0. The van der Waals surface area contributed by atoms with E-state index < -0.39 is 0 Å². The molecule has 0 unspecified atom stereocenters. The summed E-state index contributed by atoms with van der Waals surface area (Å²) in [6.45, 7) is 1.17.